The van der Waals surface area contributed by atoms with E-state index in [-0.39, 0.29) is 29.2 Å². The lowest BCUT2D eigenvalue weighted by atomic mass is 9.77. The highest BCUT2D eigenvalue weighted by molar-refractivity contribution is 6.35. The van der Waals surface area contributed by atoms with E-state index in [1.165, 1.54) is 0 Å². The van der Waals surface area contributed by atoms with Crippen LogP contribution in [0, 0.1) is 5.41 Å². The highest BCUT2D eigenvalue weighted by atomic mass is 16.2. The molecule has 0 bridgehead atoms. The first kappa shape index (κ1) is 17.1. The molecule has 0 aromatic heterocycles. The molecule has 3 aliphatic rings. The van der Waals surface area contributed by atoms with Crippen molar-refractivity contribution in [1.29, 1.82) is 0 Å². The zero-order valence-corrected chi connectivity index (χ0v) is 14.9. The van der Waals surface area contributed by atoms with Crippen molar-refractivity contribution in [3.8, 4) is 0 Å². The van der Waals surface area contributed by atoms with Crippen LogP contribution >= 0.6 is 0 Å². The number of amides is 3. The number of nitrogens with zero attached hydrogens (tertiary/aromatic N) is 2. The third-order valence-corrected chi connectivity index (χ3v) is 5.93. The molecule has 0 radical (unpaired) electrons. The van der Waals surface area contributed by atoms with Gasteiger partial charge in [0.05, 0.1) is 0 Å². The summed E-state index contributed by atoms with van der Waals surface area (Å²) in [5.41, 5.74) is 1.03. The second-order valence-corrected chi connectivity index (χ2v) is 7.90. The van der Waals surface area contributed by atoms with Gasteiger partial charge < -0.3 is 15.1 Å². The minimum Gasteiger partial charge on any atom is -0.356 e. The third kappa shape index (κ3) is 3.45. The molecule has 3 fully saturated rings. The van der Waals surface area contributed by atoms with Crippen molar-refractivity contribution >= 4 is 17.7 Å². The zero-order valence-electron chi connectivity index (χ0n) is 14.9. The maximum Gasteiger partial charge on any atom is 0.312 e. The Bertz CT molecular complexity index is 706. The Hall–Kier alpha value is -2.37. The molecule has 1 aromatic rings. The fourth-order valence-electron chi connectivity index (χ4n) is 4.08. The molecule has 6 heteroatoms. The van der Waals surface area contributed by atoms with Gasteiger partial charge in [-0.15, -0.1) is 0 Å². The van der Waals surface area contributed by atoms with Crippen LogP contribution in [0.1, 0.15) is 37.7 Å². The van der Waals surface area contributed by atoms with Gasteiger partial charge in [0.25, 0.3) is 0 Å². The molecule has 1 aliphatic carbocycles. The van der Waals surface area contributed by atoms with Crippen molar-refractivity contribution in [3.63, 3.8) is 0 Å². The highest BCUT2D eigenvalue weighted by Crippen LogP contribution is 2.37. The molecule has 6 nitrogen and oxygen atoms in total. The van der Waals surface area contributed by atoms with E-state index < -0.39 is 0 Å². The van der Waals surface area contributed by atoms with Gasteiger partial charge >= 0.3 is 11.8 Å². The van der Waals surface area contributed by atoms with Crippen molar-refractivity contribution in [1.82, 2.24) is 15.1 Å². The standard InChI is InChI=1S/C20H25N3O3/c24-17-12-20(14-21-17)8-10-22(11-9-20)18(25)19(26)23(16-6-7-16)13-15-4-2-1-3-5-15/h1-5,16H,6-14H2,(H,21,24). The molecule has 2 aliphatic heterocycles. The second kappa shape index (κ2) is 6.74. The van der Waals surface area contributed by atoms with Gasteiger partial charge in [-0.1, -0.05) is 30.3 Å². The molecule has 0 atom stereocenters. The van der Waals surface area contributed by atoms with Crippen molar-refractivity contribution < 1.29 is 14.4 Å². The van der Waals surface area contributed by atoms with Crippen LogP contribution in [0.3, 0.4) is 0 Å². The lowest BCUT2D eigenvalue weighted by Gasteiger charge is -2.38. The predicted octanol–water partition coefficient (Wildman–Crippen LogP) is 1.31. The van der Waals surface area contributed by atoms with E-state index in [1.807, 2.05) is 30.3 Å². The Morgan fingerprint density at radius 2 is 1.85 bits per heavy atom. The van der Waals surface area contributed by atoms with E-state index >= 15 is 0 Å². The average Bonchev–Trinajstić information content (AvgIpc) is 3.44. The van der Waals surface area contributed by atoms with Crippen molar-refractivity contribution in [2.45, 2.75) is 44.7 Å². The van der Waals surface area contributed by atoms with Gasteiger partial charge in [0.15, 0.2) is 0 Å². The Morgan fingerprint density at radius 1 is 1.15 bits per heavy atom. The maximum absolute atomic E-state index is 12.9. The predicted molar refractivity (Wildman–Crippen MR) is 95.9 cm³/mol. The first-order valence-corrected chi connectivity index (χ1v) is 9.47. The summed E-state index contributed by atoms with van der Waals surface area (Å²) in [6.07, 6.45) is 4.07. The first-order valence-electron chi connectivity index (χ1n) is 9.47. The summed E-state index contributed by atoms with van der Waals surface area (Å²) in [4.78, 5) is 40.6. The highest BCUT2D eigenvalue weighted by Gasteiger charge is 2.43. The number of benzene rings is 1. The molecule has 1 N–H and O–H groups in total. The van der Waals surface area contributed by atoms with Crippen LogP contribution in [-0.4, -0.2) is 53.2 Å². The molecule has 1 aromatic carbocycles. The minimum atomic E-state index is -0.389. The van der Waals surface area contributed by atoms with Gasteiger partial charge in [-0.05, 0) is 36.7 Å². The van der Waals surface area contributed by atoms with Gasteiger partial charge in [0, 0.05) is 38.6 Å². The normalized spacial score (nSPS) is 21.5. The second-order valence-electron chi connectivity index (χ2n) is 7.90. The van der Waals surface area contributed by atoms with Crippen LogP contribution < -0.4 is 5.32 Å². The molecule has 4 rings (SSSR count). The van der Waals surface area contributed by atoms with E-state index in [1.54, 1.807) is 9.80 Å². The topological polar surface area (TPSA) is 69.7 Å². The van der Waals surface area contributed by atoms with Gasteiger partial charge in [0.1, 0.15) is 0 Å². The monoisotopic (exact) mass is 355 g/mol. The number of nitrogens with one attached hydrogen (secondary N) is 1. The van der Waals surface area contributed by atoms with E-state index in [9.17, 15) is 14.4 Å². The fourth-order valence-corrected chi connectivity index (χ4v) is 4.08. The van der Waals surface area contributed by atoms with Crippen LogP contribution in [-0.2, 0) is 20.9 Å². The molecule has 1 spiro atoms. The Kier molecular flexibility index (Phi) is 4.42. The maximum atomic E-state index is 12.9. The van der Waals surface area contributed by atoms with E-state index in [0.717, 1.165) is 31.2 Å². The molecule has 3 amide bonds. The summed E-state index contributed by atoms with van der Waals surface area (Å²) in [7, 11) is 0. The number of carbonyl (C=O) groups is 3. The lowest BCUT2D eigenvalue weighted by molar-refractivity contribution is -0.153. The number of likely N-dealkylation sites (tertiary alicyclic amines) is 1. The molecule has 2 heterocycles. The van der Waals surface area contributed by atoms with E-state index in [4.69, 9.17) is 0 Å². The third-order valence-electron chi connectivity index (χ3n) is 5.93. The summed E-state index contributed by atoms with van der Waals surface area (Å²) < 4.78 is 0. The summed E-state index contributed by atoms with van der Waals surface area (Å²) in [6.45, 7) is 2.31. The van der Waals surface area contributed by atoms with Crippen molar-refractivity contribution in [2.75, 3.05) is 19.6 Å². The van der Waals surface area contributed by atoms with Crippen LogP contribution in [0.4, 0.5) is 0 Å². The van der Waals surface area contributed by atoms with Crippen LogP contribution in [0.5, 0.6) is 0 Å². The molecular weight excluding hydrogens is 330 g/mol. The number of carbonyl (C=O) groups excluding carboxylic acids is 3. The van der Waals surface area contributed by atoms with Gasteiger partial charge in [0.2, 0.25) is 5.91 Å². The van der Waals surface area contributed by atoms with Gasteiger partial charge in [-0.2, -0.15) is 0 Å². The fraction of sp³-hybridized carbons (Fsp3) is 0.550. The van der Waals surface area contributed by atoms with Gasteiger partial charge in [-0.3, -0.25) is 14.4 Å². The summed E-state index contributed by atoms with van der Waals surface area (Å²) in [5.74, 6) is -0.670. The lowest BCUT2D eigenvalue weighted by Crippen LogP contribution is -2.50. The van der Waals surface area contributed by atoms with Crippen LogP contribution in [0.15, 0.2) is 30.3 Å². The quantitative estimate of drug-likeness (QED) is 0.831. The Morgan fingerprint density at radius 3 is 2.42 bits per heavy atom. The zero-order chi connectivity index (χ0) is 18.1. The minimum absolute atomic E-state index is 0.0167. The Balaban J connectivity index is 1.39. The SMILES string of the molecule is O=C1CC2(CCN(C(=O)C(=O)N(Cc3ccccc3)C3CC3)CC2)CN1. The largest absolute Gasteiger partial charge is 0.356 e. The first-order chi connectivity index (χ1) is 12.6. The number of rotatable bonds is 3. The summed E-state index contributed by atoms with van der Waals surface area (Å²) in [5, 5.41) is 2.90. The Labute approximate surface area is 153 Å². The van der Waals surface area contributed by atoms with Crippen LogP contribution in [0.2, 0.25) is 0 Å². The van der Waals surface area contributed by atoms with Gasteiger partial charge in [-0.25, -0.2) is 0 Å². The van der Waals surface area contributed by atoms with Crippen molar-refractivity contribution in [2.24, 2.45) is 5.41 Å². The summed E-state index contributed by atoms with van der Waals surface area (Å²) >= 11 is 0. The number of hydrogen-bond donors (Lipinski definition) is 1. The molecule has 138 valence electrons. The molecular formula is C20H25N3O3. The molecule has 0 unspecified atom stereocenters. The van der Waals surface area contributed by atoms with Crippen molar-refractivity contribution in [3.05, 3.63) is 35.9 Å². The molecule has 26 heavy (non-hydrogen) atoms. The number of piperidine rings is 1. The smallest absolute Gasteiger partial charge is 0.312 e. The van der Waals surface area contributed by atoms with E-state index in [0.29, 0.717) is 32.6 Å². The summed E-state index contributed by atoms with van der Waals surface area (Å²) in [6, 6.07) is 10.0. The molecule has 2 saturated heterocycles. The average molecular weight is 355 g/mol. The van der Waals surface area contributed by atoms with Crippen LogP contribution in [0.25, 0.3) is 0 Å². The number of hydrogen-bond acceptors (Lipinski definition) is 3. The van der Waals surface area contributed by atoms with E-state index in [2.05, 4.69) is 5.32 Å². The molecule has 1 saturated carbocycles.